The second-order valence-corrected chi connectivity index (χ2v) is 16.5. The highest BCUT2D eigenvalue weighted by Gasteiger charge is 2.43. The van der Waals surface area contributed by atoms with E-state index in [0.29, 0.717) is 23.5 Å². The Morgan fingerprint density at radius 3 is 1.36 bits per heavy atom. The summed E-state index contributed by atoms with van der Waals surface area (Å²) in [4.78, 5) is 0. The predicted molar refractivity (Wildman–Crippen MR) is 167 cm³/mol. The predicted octanol–water partition coefficient (Wildman–Crippen LogP) is 9.93. The quantitative estimate of drug-likeness (QED) is 0.399. The Bertz CT molecular complexity index is 1180. The van der Waals surface area contributed by atoms with Crippen molar-refractivity contribution < 1.29 is 9.84 Å². The number of fused-ring (bicyclic) bond motifs is 2. The number of ether oxygens (including phenoxy) is 1. The zero-order valence-electron chi connectivity index (χ0n) is 27.0. The molecule has 0 heterocycles. The third kappa shape index (κ3) is 5.68. The minimum atomic E-state index is -0.160. The van der Waals surface area contributed by atoms with Gasteiger partial charge in [-0.3, -0.25) is 0 Å². The smallest absolute Gasteiger partial charge is 0.126 e. The van der Waals surface area contributed by atoms with Gasteiger partial charge in [0.2, 0.25) is 0 Å². The van der Waals surface area contributed by atoms with Crippen LogP contribution in [-0.4, -0.2) is 12.2 Å². The van der Waals surface area contributed by atoms with Crippen molar-refractivity contribution >= 4 is 0 Å². The van der Waals surface area contributed by atoms with Crippen LogP contribution < -0.4 is 4.74 Å². The molecule has 0 aromatic heterocycles. The van der Waals surface area contributed by atoms with E-state index < -0.39 is 0 Å². The molecule has 1 N–H and O–H groups in total. The van der Waals surface area contributed by atoms with Crippen LogP contribution in [0.5, 0.6) is 11.5 Å². The van der Waals surface area contributed by atoms with Gasteiger partial charge in [0, 0.05) is 17.0 Å². The largest absolute Gasteiger partial charge is 0.507 e. The highest BCUT2D eigenvalue weighted by Crippen LogP contribution is 2.54. The van der Waals surface area contributed by atoms with Crippen molar-refractivity contribution in [2.24, 2.45) is 17.8 Å². The lowest BCUT2D eigenvalue weighted by Gasteiger charge is -2.36. The highest BCUT2D eigenvalue weighted by molar-refractivity contribution is 5.56. The zero-order chi connectivity index (χ0) is 29.3. The molecule has 2 aliphatic carbocycles. The van der Waals surface area contributed by atoms with Crippen LogP contribution in [0, 0.1) is 17.8 Å². The molecule has 2 bridgehead atoms. The van der Waals surface area contributed by atoms with E-state index in [1.807, 2.05) is 7.11 Å². The van der Waals surface area contributed by atoms with E-state index in [0.717, 1.165) is 16.9 Å². The molecule has 214 valence electrons. The molecule has 0 aliphatic heterocycles. The average Bonchev–Trinajstić information content (AvgIpc) is 3.40. The number of allylic oxidation sites excluding steroid dienone is 2. The van der Waals surface area contributed by atoms with Gasteiger partial charge in [-0.2, -0.15) is 0 Å². The van der Waals surface area contributed by atoms with E-state index in [1.54, 1.807) is 0 Å². The van der Waals surface area contributed by atoms with Gasteiger partial charge < -0.3 is 9.84 Å². The molecule has 4 unspecified atom stereocenters. The second kappa shape index (κ2) is 9.71. The molecule has 2 aromatic rings. The fourth-order valence-corrected chi connectivity index (χ4v) is 7.04. The van der Waals surface area contributed by atoms with Crippen LogP contribution in [0.2, 0.25) is 0 Å². The molecule has 0 radical (unpaired) electrons. The minimum absolute atomic E-state index is 0.0530. The van der Waals surface area contributed by atoms with Crippen molar-refractivity contribution in [1.82, 2.24) is 0 Å². The van der Waals surface area contributed by atoms with Crippen molar-refractivity contribution in [2.75, 3.05) is 7.11 Å². The summed E-state index contributed by atoms with van der Waals surface area (Å²) < 4.78 is 6.14. The van der Waals surface area contributed by atoms with Crippen LogP contribution in [0.3, 0.4) is 0 Å². The highest BCUT2D eigenvalue weighted by atomic mass is 16.5. The van der Waals surface area contributed by atoms with E-state index in [2.05, 4.69) is 120 Å². The molecule has 2 heteroatoms. The van der Waals surface area contributed by atoms with Gasteiger partial charge in [0.1, 0.15) is 11.5 Å². The molecule has 39 heavy (non-hydrogen) atoms. The number of hydrogen-bond acceptors (Lipinski definition) is 2. The van der Waals surface area contributed by atoms with Crippen molar-refractivity contribution in [3.8, 4) is 11.5 Å². The number of phenolic OH excluding ortho intramolecular Hbond substituents is 1. The van der Waals surface area contributed by atoms with Crippen LogP contribution in [0.4, 0.5) is 0 Å². The van der Waals surface area contributed by atoms with Crippen molar-refractivity contribution in [3.05, 3.63) is 69.8 Å². The van der Waals surface area contributed by atoms with Gasteiger partial charge in [-0.25, -0.2) is 0 Å². The third-order valence-corrected chi connectivity index (χ3v) is 9.16. The molecule has 0 saturated heterocycles. The van der Waals surface area contributed by atoms with Gasteiger partial charge in [-0.05, 0) is 74.5 Å². The molecule has 4 rings (SSSR count). The third-order valence-electron chi connectivity index (χ3n) is 9.16. The summed E-state index contributed by atoms with van der Waals surface area (Å²) in [5.41, 5.74) is 6.97. The molecule has 1 saturated carbocycles. The number of methoxy groups -OCH3 is 1. The lowest BCUT2D eigenvalue weighted by molar-refractivity contribution is 0.375. The summed E-state index contributed by atoms with van der Waals surface area (Å²) in [5.74, 6) is 3.57. The fraction of sp³-hybridized carbons (Fsp3) is 0.622. The first-order valence-corrected chi connectivity index (χ1v) is 15.0. The maximum atomic E-state index is 11.5. The lowest BCUT2D eigenvalue weighted by atomic mass is 9.69. The Morgan fingerprint density at radius 2 is 1.05 bits per heavy atom. The zero-order valence-corrected chi connectivity index (χ0v) is 27.0. The molecule has 2 aliphatic rings. The Morgan fingerprint density at radius 1 is 0.641 bits per heavy atom. The molecule has 2 nitrogen and oxygen atoms in total. The van der Waals surface area contributed by atoms with Gasteiger partial charge in [0.25, 0.3) is 0 Å². The molecule has 0 amide bonds. The van der Waals surface area contributed by atoms with Crippen LogP contribution in [-0.2, 0) is 21.7 Å². The Kier molecular flexibility index (Phi) is 7.40. The van der Waals surface area contributed by atoms with E-state index in [4.69, 9.17) is 4.74 Å². The second-order valence-electron chi connectivity index (χ2n) is 16.5. The first-order valence-electron chi connectivity index (χ1n) is 15.0. The summed E-state index contributed by atoms with van der Waals surface area (Å²) in [6.07, 6.45) is 7.43. The molecule has 0 spiro atoms. The Hall–Kier alpha value is -2.22. The average molecular weight is 531 g/mol. The molecule has 1 fully saturated rings. The maximum Gasteiger partial charge on any atom is 0.126 e. The summed E-state index contributed by atoms with van der Waals surface area (Å²) in [5, 5.41) is 11.5. The van der Waals surface area contributed by atoms with Gasteiger partial charge in [-0.1, -0.05) is 120 Å². The number of phenols is 1. The Balaban J connectivity index is 2.08. The number of hydrogen-bond donors (Lipinski definition) is 1. The van der Waals surface area contributed by atoms with Gasteiger partial charge >= 0.3 is 0 Å². The molecular weight excluding hydrogens is 476 g/mol. The minimum Gasteiger partial charge on any atom is -0.507 e. The summed E-state index contributed by atoms with van der Waals surface area (Å²) in [6.45, 7) is 27.1. The van der Waals surface area contributed by atoms with Gasteiger partial charge in [0.05, 0.1) is 7.11 Å². The van der Waals surface area contributed by atoms with E-state index in [1.165, 1.54) is 35.1 Å². The van der Waals surface area contributed by atoms with Crippen LogP contribution in [0.15, 0.2) is 36.4 Å². The van der Waals surface area contributed by atoms with Crippen molar-refractivity contribution in [1.29, 1.82) is 0 Å². The van der Waals surface area contributed by atoms with E-state index in [9.17, 15) is 5.11 Å². The maximum absolute atomic E-state index is 11.5. The summed E-state index contributed by atoms with van der Waals surface area (Å²) in [7, 11) is 1.82. The number of benzene rings is 2. The molecule has 2 aromatic carbocycles. The van der Waals surface area contributed by atoms with Gasteiger partial charge in [0.15, 0.2) is 0 Å². The SMILES string of the molecule is COc1c(C(C)(C)C)cc(C(c2cc(C(C)(C)C)c(O)c(C(C)(C)C)c2)C2CC3C=CC2C3)cc1C(C)(C)C. The normalized spacial score (nSPS) is 22.4. The molecular formula is C37H54O2. The van der Waals surface area contributed by atoms with Crippen LogP contribution in [0.1, 0.15) is 135 Å². The van der Waals surface area contributed by atoms with Gasteiger partial charge in [-0.15, -0.1) is 0 Å². The fourth-order valence-electron chi connectivity index (χ4n) is 7.04. The van der Waals surface area contributed by atoms with E-state index in [-0.39, 0.29) is 27.6 Å². The van der Waals surface area contributed by atoms with E-state index >= 15 is 0 Å². The summed E-state index contributed by atoms with van der Waals surface area (Å²) in [6, 6.07) is 9.58. The first kappa shape index (κ1) is 29.8. The first-order chi connectivity index (χ1) is 17.7. The standard InChI is InChI=1S/C37H54O2/c1-34(2,3)27-18-24(19-28(32(27)38)35(4,5)6)31(26-17-22-14-15-23(26)16-22)25-20-29(36(7,8)9)33(39-13)30(21-25)37(10,11)12/h14-15,18-23,26,31,38H,16-17H2,1-13H3. The monoisotopic (exact) mass is 530 g/mol. The van der Waals surface area contributed by atoms with Crippen LogP contribution in [0.25, 0.3) is 0 Å². The van der Waals surface area contributed by atoms with Crippen molar-refractivity contribution in [3.63, 3.8) is 0 Å². The number of aromatic hydroxyl groups is 1. The molecule has 4 atom stereocenters. The van der Waals surface area contributed by atoms with Crippen molar-refractivity contribution in [2.45, 2.75) is 124 Å². The number of rotatable bonds is 4. The van der Waals surface area contributed by atoms with Crippen LogP contribution >= 0.6 is 0 Å². The lowest BCUT2D eigenvalue weighted by Crippen LogP contribution is -2.25. The Labute approximate surface area is 239 Å². The summed E-state index contributed by atoms with van der Waals surface area (Å²) >= 11 is 0. The topological polar surface area (TPSA) is 29.5 Å².